The van der Waals surface area contributed by atoms with Crippen LogP contribution >= 0.6 is 46.6 Å². The molecule has 0 spiro atoms. The molecule has 3 aromatic rings. The van der Waals surface area contributed by atoms with Gasteiger partial charge >= 0.3 is 0 Å². The molecule has 0 aliphatic carbocycles. The van der Waals surface area contributed by atoms with Crippen LogP contribution in [-0.2, 0) is 5.75 Å². The number of hydrogen-bond acceptors (Lipinski definition) is 3. The quantitative estimate of drug-likeness (QED) is 0.611. The monoisotopic (exact) mass is 370 g/mol. The van der Waals surface area contributed by atoms with Crippen molar-refractivity contribution in [2.75, 3.05) is 0 Å². The van der Waals surface area contributed by atoms with Crippen LogP contribution in [0.5, 0.6) is 0 Å². The van der Waals surface area contributed by atoms with Gasteiger partial charge in [0, 0.05) is 27.9 Å². The molecule has 0 fully saturated rings. The summed E-state index contributed by atoms with van der Waals surface area (Å²) < 4.78 is 1.42. The third-order valence-corrected chi connectivity index (χ3v) is 4.93. The van der Waals surface area contributed by atoms with E-state index in [1.807, 2.05) is 0 Å². The van der Waals surface area contributed by atoms with Crippen molar-refractivity contribution in [3.8, 4) is 0 Å². The Morgan fingerprint density at radius 3 is 2.64 bits per heavy atom. The van der Waals surface area contributed by atoms with Crippen LogP contribution in [-0.4, -0.2) is 9.38 Å². The Morgan fingerprint density at radius 1 is 1.05 bits per heavy atom. The summed E-state index contributed by atoms with van der Waals surface area (Å²) in [6.07, 6.45) is 1.55. The van der Waals surface area contributed by atoms with Crippen LogP contribution in [0.2, 0.25) is 15.1 Å². The largest absolute Gasteiger partial charge is 0.269 e. The lowest BCUT2D eigenvalue weighted by Crippen LogP contribution is -2.15. The summed E-state index contributed by atoms with van der Waals surface area (Å²) in [6.45, 7) is 0. The summed E-state index contributed by atoms with van der Waals surface area (Å²) in [5.41, 5.74) is 1.07. The van der Waals surface area contributed by atoms with Crippen molar-refractivity contribution in [2.24, 2.45) is 0 Å². The van der Waals surface area contributed by atoms with Crippen LogP contribution in [0.4, 0.5) is 0 Å². The van der Waals surface area contributed by atoms with Gasteiger partial charge in [0.25, 0.3) is 5.56 Å². The minimum absolute atomic E-state index is 0.166. The summed E-state index contributed by atoms with van der Waals surface area (Å²) in [5.74, 6) is 0.522. The molecule has 3 nitrogen and oxygen atoms in total. The minimum atomic E-state index is -0.166. The van der Waals surface area contributed by atoms with Crippen molar-refractivity contribution in [1.29, 1.82) is 0 Å². The van der Waals surface area contributed by atoms with Gasteiger partial charge in [-0.3, -0.25) is 9.20 Å². The smallest absolute Gasteiger partial charge is 0.258 e. The van der Waals surface area contributed by atoms with E-state index in [0.717, 1.165) is 4.90 Å². The first kappa shape index (κ1) is 15.7. The summed E-state index contributed by atoms with van der Waals surface area (Å²) in [4.78, 5) is 17.4. The molecule has 0 N–H and O–H groups in total. The molecule has 0 aliphatic heterocycles. The van der Waals surface area contributed by atoms with E-state index < -0.39 is 0 Å². The number of fused-ring (bicyclic) bond motifs is 1. The topological polar surface area (TPSA) is 34.4 Å². The highest BCUT2D eigenvalue weighted by molar-refractivity contribution is 7.98. The van der Waals surface area contributed by atoms with Crippen molar-refractivity contribution >= 4 is 52.2 Å². The second-order valence-electron chi connectivity index (χ2n) is 4.52. The molecule has 0 unspecified atom stereocenters. The molecule has 2 heterocycles. The van der Waals surface area contributed by atoms with Gasteiger partial charge in [-0.05, 0) is 30.3 Å². The van der Waals surface area contributed by atoms with Gasteiger partial charge < -0.3 is 0 Å². The molecule has 0 amide bonds. The Balaban J connectivity index is 1.90. The predicted octanol–water partition coefficient (Wildman–Crippen LogP) is 4.95. The molecule has 22 heavy (non-hydrogen) atoms. The molecule has 0 saturated carbocycles. The number of rotatable bonds is 3. The number of benzene rings is 1. The number of pyridine rings is 1. The highest BCUT2D eigenvalue weighted by atomic mass is 35.5. The predicted molar refractivity (Wildman–Crippen MR) is 92.5 cm³/mol. The Bertz CT molecular complexity index is 911. The zero-order valence-electron chi connectivity index (χ0n) is 11.1. The van der Waals surface area contributed by atoms with E-state index in [1.54, 1.807) is 36.5 Å². The molecule has 112 valence electrons. The first-order valence-corrected chi connectivity index (χ1v) is 8.40. The van der Waals surface area contributed by atoms with Gasteiger partial charge in [0.2, 0.25) is 0 Å². The molecular formula is C15H9Cl3N2OS. The number of aromatic nitrogens is 2. The number of halogens is 3. The van der Waals surface area contributed by atoms with Crippen LogP contribution in [0.25, 0.3) is 5.65 Å². The molecule has 3 rings (SSSR count). The number of thioether (sulfide) groups is 1. The van der Waals surface area contributed by atoms with Crippen LogP contribution in [0, 0.1) is 0 Å². The van der Waals surface area contributed by atoms with Crippen molar-refractivity contribution in [2.45, 2.75) is 10.6 Å². The van der Waals surface area contributed by atoms with Crippen LogP contribution in [0.1, 0.15) is 5.69 Å². The average Bonchev–Trinajstić information content (AvgIpc) is 2.49. The van der Waals surface area contributed by atoms with E-state index >= 15 is 0 Å². The maximum Gasteiger partial charge on any atom is 0.258 e. The third kappa shape index (κ3) is 3.41. The van der Waals surface area contributed by atoms with Crippen molar-refractivity contribution in [3.05, 3.63) is 73.7 Å². The molecule has 0 saturated heterocycles. The fourth-order valence-electron chi connectivity index (χ4n) is 1.94. The Hall–Kier alpha value is -1.20. The lowest BCUT2D eigenvalue weighted by atomic mass is 10.4. The van der Waals surface area contributed by atoms with Gasteiger partial charge in [-0.2, -0.15) is 0 Å². The maximum atomic E-state index is 12.1. The molecule has 0 bridgehead atoms. The van der Waals surface area contributed by atoms with Crippen molar-refractivity contribution < 1.29 is 0 Å². The number of hydrogen-bond donors (Lipinski definition) is 0. The normalized spacial score (nSPS) is 11.0. The van der Waals surface area contributed by atoms with E-state index in [2.05, 4.69) is 4.98 Å². The summed E-state index contributed by atoms with van der Waals surface area (Å²) in [6, 6.07) is 10.2. The van der Waals surface area contributed by atoms with Gasteiger partial charge in [0.15, 0.2) is 0 Å². The lowest BCUT2D eigenvalue weighted by Gasteiger charge is -2.06. The first-order valence-electron chi connectivity index (χ1n) is 6.28. The summed E-state index contributed by atoms with van der Waals surface area (Å²) in [5, 5.41) is 1.73. The van der Waals surface area contributed by atoms with Gasteiger partial charge in [-0.1, -0.05) is 34.8 Å². The second kappa shape index (κ2) is 6.50. The Morgan fingerprint density at radius 2 is 1.82 bits per heavy atom. The molecule has 0 atom stereocenters. The SMILES string of the molecule is O=c1cc(CSc2cc(Cl)ccc2Cl)nc2ccc(Cl)cn12. The highest BCUT2D eigenvalue weighted by Gasteiger charge is 2.06. The van der Waals surface area contributed by atoms with Crippen molar-refractivity contribution in [3.63, 3.8) is 0 Å². The van der Waals surface area contributed by atoms with E-state index in [9.17, 15) is 4.79 Å². The molecular weight excluding hydrogens is 363 g/mol. The maximum absolute atomic E-state index is 12.1. The van der Waals surface area contributed by atoms with Crippen LogP contribution < -0.4 is 5.56 Å². The molecule has 0 radical (unpaired) electrons. The Kier molecular flexibility index (Phi) is 4.64. The summed E-state index contributed by atoms with van der Waals surface area (Å²) >= 11 is 19.5. The molecule has 1 aromatic carbocycles. The zero-order chi connectivity index (χ0) is 15.7. The minimum Gasteiger partial charge on any atom is -0.269 e. The molecule has 7 heteroatoms. The Labute approximate surface area is 145 Å². The third-order valence-electron chi connectivity index (χ3n) is 2.95. The van der Waals surface area contributed by atoms with Gasteiger partial charge in [0.1, 0.15) is 5.65 Å². The van der Waals surface area contributed by atoms with E-state index in [1.165, 1.54) is 22.2 Å². The fourth-order valence-corrected chi connectivity index (χ4v) is 3.49. The zero-order valence-corrected chi connectivity index (χ0v) is 14.2. The second-order valence-corrected chi connectivity index (χ2v) is 6.82. The van der Waals surface area contributed by atoms with Gasteiger partial charge in [0.05, 0.1) is 15.7 Å². The molecule has 0 aliphatic rings. The molecule has 2 aromatic heterocycles. The standard InChI is InChI=1S/C15H9Cl3N2OS/c16-9-1-3-12(18)13(5-9)22-8-11-6-15(21)20-7-10(17)2-4-14(20)19-11/h1-7H,8H2. The van der Waals surface area contributed by atoms with E-state index in [-0.39, 0.29) is 5.56 Å². The fraction of sp³-hybridized carbons (Fsp3) is 0.0667. The number of nitrogens with zero attached hydrogens (tertiary/aromatic N) is 2. The lowest BCUT2D eigenvalue weighted by molar-refractivity contribution is 1.01. The van der Waals surface area contributed by atoms with Crippen LogP contribution in [0.15, 0.2) is 52.3 Å². The highest BCUT2D eigenvalue weighted by Crippen LogP contribution is 2.31. The first-order chi connectivity index (χ1) is 10.5. The van der Waals surface area contributed by atoms with Gasteiger partial charge in [-0.15, -0.1) is 11.8 Å². The van der Waals surface area contributed by atoms with Crippen LogP contribution in [0.3, 0.4) is 0 Å². The van der Waals surface area contributed by atoms with Crippen molar-refractivity contribution in [1.82, 2.24) is 9.38 Å². The van der Waals surface area contributed by atoms with E-state index in [4.69, 9.17) is 34.8 Å². The van der Waals surface area contributed by atoms with E-state index in [0.29, 0.717) is 32.2 Å². The average molecular weight is 372 g/mol. The summed E-state index contributed by atoms with van der Waals surface area (Å²) in [7, 11) is 0. The van der Waals surface area contributed by atoms with Gasteiger partial charge in [-0.25, -0.2) is 4.98 Å².